The van der Waals surface area contributed by atoms with Gasteiger partial charge < -0.3 is 10.2 Å². The lowest BCUT2D eigenvalue weighted by Crippen LogP contribution is -2.06. The summed E-state index contributed by atoms with van der Waals surface area (Å²) in [5.74, 6) is 0. The van der Waals surface area contributed by atoms with Crippen molar-refractivity contribution in [1.29, 1.82) is 0 Å². The van der Waals surface area contributed by atoms with Gasteiger partial charge in [0, 0.05) is 0 Å². The minimum Gasteiger partial charge on any atom is -0.323 e. The van der Waals surface area contributed by atoms with E-state index in [2.05, 4.69) is 14.4 Å². The molecule has 88 valence electrons. The Morgan fingerprint density at radius 2 is 1.29 bits per heavy atom. The fourth-order valence-electron chi connectivity index (χ4n) is 0.558. The van der Waals surface area contributed by atoms with E-state index >= 15 is 0 Å². The third kappa shape index (κ3) is 14.6. The van der Waals surface area contributed by atoms with Crippen LogP contribution in [0, 0.1) is 0 Å². The summed E-state index contributed by atoms with van der Waals surface area (Å²) >= 11 is 0. The van der Waals surface area contributed by atoms with E-state index in [0.29, 0.717) is 0 Å². The SMILES string of the molecule is CC(C)OP(=O)(O)OC(C)C.CNC. The summed E-state index contributed by atoms with van der Waals surface area (Å²) in [6.45, 7) is 6.69. The van der Waals surface area contributed by atoms with Crippen molar-refractivity contribution in [3.63, 3.8) is 0 Å². The predicted octanol–water partition coefficient (Wildman–Crippen LogP) is 1.77. The van der Waals surface area contributed by atoms with Gasteiger partial charge in [0.25, 0.3) is 0 Å². The largest absolute Gasteiger partial charge is 0.472 e. The first kappa shape index (κ1) is 16.5. The molecule has 0 fully saturated rings. The second-order valence-electron chi connectivity index (χ2n) is 3.28. The monoisotopic (exact) mass is 227 g/mol. The lowest BCUT2D eigenvalue weighted by Gasteiger charge is -2.16. The molecule has 0 aromatic carbocycles. The molecule has 0 aromatic heterocycles. The van der Waals surface area contributed by atoms with E-state index in [0.717, 1.165) is 0 Å². The Kier molecular flexibility index (Phi) is 9.88. The molecule has 0 aliphatic rings. The van der Waals surface area contributed by atoms with Crippen LogP contribution < -0.4 is 5.32 Å². The van der Waals surface area contributed by atoms with Gasteiger partial charge in [0.05, 0.1) is 12.2 Å². The topological polar surface area (TPSA) is 67.8 Å². The second-order valence-corrected chi connectivity index (χ2v) is 4.64. The Hall–Kier alpha value is 0.0700. The Morgan fingerprint density at radius 1 is 1.07 bits per heavy atom. The molecule has 2 N–H and O–H groups in total. The van der Waals surface area contributed by atoms with Crippen LogP contribution >= 0.6 is 7.82 Å². The summed E-state index contributed by atoms with van der Waals surface area (Å²) in [5.41, 5.74) is 0. The van der Waals surface area contributed by atoms with Gasteiger partial charge in [-0.1, -0.05) is 0 Å². The Labute approximate surface area is 86.4 Å². The fourth-order valence-corrected chi connectivity index (χ4v) is 1.67. The molecule has 0 radical (unpaired) electrons. The van der Waals surface area contributed by atoms with E-state index < -0.39 is 7.82 Å². The summed E-state index contributed by atoms with van der Waals surface area (Å²) in [6, 6.07) is 0. The van der Waals surface area contributed by atoms with Crippen molar-refractivity contribution in [3.8, 4) is 0 Å². The highest BCUT2D eigenvalue weighted by Gasteiger charge is 2.23. The van der Waals surface area contributed by atoms with Crippen LogP contribution in [-0.2, 0) is 13.6 Å². The second kappa shape index (κ2) is 8.38. The zero-order valence-corrected chi connectivity index (χ0v) is 10.7. The molecule has 0 aromatic rings. The molecular weight excluding hydrogens is 205 g/mol. The smallest absolute Gasteiger partial charge is 0.323 e. The zero-order valence-electron chi connectivity index (χ0n) is 9.77. The van der Waals surface area contributed by atoms with Crippen molar-refractivity contribution in [3.05, 3.63) is 0 Å². The Balaban J connectivity index is 0. The van der Waals surface area contributed by atoms with Crippen molar-refractivity contribution in [1.82, 2.24) is 5.32 Å². The van der Waals surface area contributed by atoms with Crippen molar-refractivity contribution in [2.75, 3.05) is 14.1 Å². The van der Waals surface area contributed by atoms with E-state index in [1.807, 2.05) is 14.1 Å². The summed E-state index contributed by atoms with van der Waals surface area (Å²) in [6.07, 6.45) is -0.603. The molecule has 0 amide bonds. The number of phosphoric ester groups is 1. The molecule has 0 aliphatic heterocycles. The average molecular weight is 227 g/mol. The molecule has 14 heavy (non-hydrogen) atoms. The van der Waals surface area contributed by atoms with Crippen molar-refractivity contribution < 1.29 is 18.5 Å². The molecule has 0 spiro atoms. The van der Waals surface area contributed by atoms with Crippen molar-refractivity contribution in [2.24, 2.45) is 0 Å². The maximum atomic E-state index is 10.9. The minimum atomic E-state index is -3.80. The first-order chi connectivity index (χ1) is 6.25. The van der Waals surface area contributed by atoms with Crippen LogP contribution in [0.3, 0.4) is 0 Å². The summed E-state index contributed by atoms with van der Waals surface area (Å²) in [5, 5.41) is 2.75. The normalized spacial score (nSPS) is 11.5. The van der Waals surface area contributed by atoms with Crippen LogP contribution in [0.5, 0.6) is 0 Å². The highest BCUT2D eigenvalue weighted by molar-refractivity contribution is 7.47. The van der Waals surface area contributed by atoms with Gasteiger partial charge in [0.15, 0.2) is 0 Å². The molecule has 0 saturated carbocycles. The first-order valence-electron chi connectivity index (χ1n) is 4.53. The Bertz CT molecular complexity index is 159. The molecule has 6 heteroatoms. The van der Waals surface area contributed by atoms with Gasteiger partial charge in [-0.3, -0.25) is 9.05 Å². The fraction of sp³-hybridized carbons (Fsp3) is 1.00. The lowest BCUT2D eigenvalue weighted by molar-refractivity contribution is 0.0985. The van der Waals surface area contributed by atoms with Gasteiger partial charge in [-0.2, -0.15) is 0 Å². The molecule has 0 rings (SSSR count). The van der Waals surface area contributed by atoms with Gasteiger partial charge in [0.1, 0.15) is 0 Å². The van der Waals surface area contributed by atoms with Gasteiger partial charge in [0.2, 0.25) is 0 Å². The lowest BCUT2D eigenvalue weighted by atomic mass is 10.5. The van der Waals surface area contributed by atoms with Crippen LogP contribution in [0.2, 0.25) is 0 Å². The quantitative estimate of drug-likeness (QED) is 0.716. The minimum absolute atomic E-state index is 0.301. The maximum Gasteiger partial charge on any atom is 0.472 e. The molecule has 0 atom stereocenters. The summed E-state index contributed by atoms with van der Waals surface area (Å²) < 4.78 is 20.2. The molecule has 0 bridgehead atoms. The van der Waals surface area contributed by atoms with Crippen LogP contribution in [0.25, 0.3) is 0 Å². The average Bonchev–Trinajstić information content (AvgIpc) is 1.80. The van der Waals surface area contributed by atoms with E-state index in [1.54, 1.807) is 27.7 Å². The first-order valence-corrected chi connectivity index (χ1v) is 6.02. The molecular formula is C8H22NO4P. The number of phosphoric acid groups is 1. The third-order valence-electron chi connectivity index (χ3n) is 0.688. The van der Waals surface area contributed by atoms with E-state index in [1.165, 1.54) is 0 Å². The summed E-state index contributed by atoms with van der Waals surface area (Å²) in [4.78, 5) is 8.97. The van der Waals surface area contributed by atoms with Gasteiger partial charge in [-0.05, 0) is 41.8 Å². The highest BCUT2D eigenvalue weighted by Crippen LogP contribution is 2.45. The number of hydrogen-bond donors (Lipinski definition) is 2. The van der Waals surface area contributed by atoms with Crippen LogP contribution in [0.15, 0.2) is 0 Å². The summed E-state index contributed by atoms with van der Waals surface area (Å²) in [7, 11) is -0.0548. The maximum absolute atomic E-state index is 10.9. The number of nitrogens with one attached hydrogen (secondary N) is 1. The van der Waals surface area contributed by atoms with Gasteiger partial charge in [-0.25, -0.2) is 4.57 Å². The third-order valence-corrected chi connectivity index (χ3v) is 2.06. The zero-order chi connectivity index (χ0) is 11.8. The molecule has 0 heterocycles. The van der Waals surface area contributed by atoms with E-state index in [9.17, 15) is 4.57 Å². The number of hydrogen-bond acceptors (Lipinski definition) is 4. The molecule has 0 saturated heterocycles. The van der Waals surface area contributed by atoms with Gasteiger partial charge >= 0.3 is 7.82 Å². The van der Waals surface area contributed by atoms with Crippen molar-refractivity contribution in [2.45, 2.75) is 39.9 Å². The van der Waals surface area contributed by atoms with Crippen LogP contribution in [0.1, 0.15) is 27.7 Å². The van der Waals surface area contributed by atoms with Crippen molar-refractivity contribution >= 4 is 7.82 Å². The Morgan fingerprint density at radius 3 is 1.43 bits per heavy atom. The van der Waals surface area contributed by atoms with E-state index in [4.69, 9.17) is 4.89 Å². The van der Waals surface area contributed by atoms with Crippen LogP contribution in [0.4, 0.5) is 0 Å². The molecule has 5 nitrogen and oxygen atoms in total. The molecule has 0 unspecified atom stereocenters. The standard InChI is InChI=1S/C6H15O4P.C2H7N/c1-5(2)9-11(7,8)10-6(3)4;1-3-2/h5-6H,1-4H3,(H,7,8);3H,1-2H3. The number of rotatable bonds is 4. The molecule has 0 aliphatic carbocycles. The highest BCUT2D eigenvalue weighted by atomic mass is 31.2. The van der Waals surface area contributed by atoms with Crippen LogP contribution in [-0.4, -0.2) is 31.2 Å². The van der Waals surface area contributed by atoms with E-state index in [-0.39, 0.29) is 12.2 Å². The van der Waals surface area contributed by atoms with Gasteiger partial charge in [-0.15, -0.1) is 0 Å². The predicted molar refractivity (Wildman–Crippen MR) is 57.3 cm³/mol.